The van der Waals surface area contributed by atoms with Crippen LogP contribution < -0.4 is 5.56 Å². The van der Waals surface area contributed by atoms with E-state index in [-0.39, 0.29) is 54.8 Å². The van der Waals surface area contributed by atoms with Crippen molar-refractivity contribution in [3.63, 3.8) is 0 Å². The number of para-hydroxylation sites is 1. The van der Waals surface area contributed by atoms with E-state index in [9.17, 15) is 18.0 Å². The predicted molar refractivity (Wildman–Crippen MR) is 107 cm³/mol. The molecule has 2 aromatic heterocycles. The van der Waals surface area contributed by atoms with Gasteiger partial charge in [0.15, 0.2) is 5.76 Å². The van der Waals surface area contributed by atoms with Crippen molar-refractivity contribution in [2.24, 2.45) is 0 Å². The zero-order valence-electron chi connectivity index (χ0n) is 16.6. The lowest BCUT2D eigenvalue weighted by atomic mass is 10.2. The molecule has 1 saturated heterocycles. The molecule has 0 unspecified atom stereocenters. The zero-order chi connectivity index (χ0) is 21.5. The molecule has 158 valence electrons. The average molecular weight is 431 g/mol. The number of carbonyl (C=O) groups excluding carboxylic acids is 1. The molecule has 3 aromatic rings. The summed E-state index contributed by atoms with van der Waals surface area (Å²) in [6.45, 7) is 3.77. The van der Waals surface area contributed by atoms with Gasteiger partial charge in [0.2, 0.25) is 15.9 Å². The molecule has 0 radical (unpaired) electrons. The number of carbonyl (C=O) groups is 1. The number of aromatic nitrogens is 3. The number of benzene rings is 1. The van der Waals surface area contributed by atoms with Crippen molar-refractivity contribution >= 4 is 26.8 Å². The number of sulfonamides is 1. The molecule has 3 heterocycles. The van der Waals surface area contributed by atoms with Crippen LogP contribution in [0, 0.1) is 13.8 Å². The first-order chi connectivity index (χ1) is 14.3. The second kappa shape index (κ2) is 7.65. The summed E-state index contributed by atoms with van der Waals surface area (Å²) in [4.78, 5) is 31.1. The fourth-order valence-corrected chi connectivity index (χ4v) is 5.33. The Morgan fingerprint density at radius 2 is 1.83 bits per heavy atom. The van der Waals surface area contributed by atoms with Gasteiger partial charge in [-0.05, 0) is 26.0 Å². The number of fused-ring (bicyclic) bond motifs is 1. The maximum Gasteiger partial charge on any atom is 0.261 e. The third-order valence-corrected chi connectivity index (χ3v) is 7.34. The smallest absolute Gasteiger partial charge is 0.261 e. The van der Waals surface area contributed by atoms with E-state index in [1.54, 1.807) is 43.0 Å². The minimum absolute atomic E-state index is 0.0797. The Labute approximate surface area is 172 Å². The minimum Gasteiger partial charge on any atom is -0.360 e. The first-order valence-corrected chi connectivity index (χ1v) is 10.9. The van der Waals surface area contributed by atoms with Gasteiger partial charge < -0.3 is 9.42 Å². The number of rotatable bonds is 4. The van der Waals surface area contributed by atoms with Crippen LogP contribution in [0.4, 0.5) is 0 Å². The number of hydrogen-bond donors (Lipinski definition) is 0. The molecule has 10 nitrogen and oxygen atoms in total. The second-order valence-electron chi connectivity index (χ2n) is 7.13. The highest BCUT2D eigenvalue weighted by atomic mass is 32.2. The van der Waals surface area contributed by atoms with E-state index in [0.29, 0.717) is 16.6 Å². The number of nitrogens with zero attached hydrogens (tertiary/aromatic N) is 5. The van der Waals surface area contributed by atoms with Crippen LogP contribution in [0.25, 0.3) is 10.9 Å². The Bertz CT molecular complexity index is 1250. The molecule has 0 atom stereocenters. The summed E-state index contributed by atoms with van der Waals surface area (Å²) < 4.78 is 33.4. The highest BCUT2D eigenvalue weighted by Crippen LogP contribution is 2.24. The summed E-state index contributed by atoms with van der Waals surface area (Å²) >= 11 is 0. The molecule has 0 saturated carbocycles. The molecule has 0 aliphatic carbocycles. The van der Waals surface area contributed by atoms with Gasteiger partial charge in [0.05, 0.1) is 17.2 Å². The van der Waals surface area contributed by atoms with Crippen molar-refractivity contribution in [3.8, 4) is 0 Å². The Morgan fingerprint density at radius 1 is 1.13 bits per heavy atom. The van der Waals surface area contributed by atoms with Gasteiger partial charge in [0.25, 0.3) is 5.56 Å². The van der Waals surface area contributed by atoms with Gasteiger partial charge >= 0.3 is 0 Å². The van der Waals surface area contributed by atoms with Crippen molar-refractivity contribution in [3.05, 3.63) is 52.4 Å². The largest absolute Gasteiger partial charge is 0.360 e. The Kier molecular flexibility index (Phi) is 5.16. The quantitative estimate of drug-likeness (QED) is 0.591. The Balaban J connectivity index is 1.45. The first-order valence-electron chi connectivity index (χ1n) is 9.44. The van der Waals surface area contributed by atoms with Crippen molar-refractivity contribution < 1.29 is 17.7 Å². The molecule has 11 heteroatoms. The van der Waals surface area contributed by atoms with Crippen LogP contribution in [0.3, 0.4) is 0 Å². The van der Waals surface area contributed by atoms with E-state index in [4.69, 9.17) is 4.52 Å². The van der Waals surface area contributed by atoms with Crippen LogP contribution in [0.2, 0.25) is 0 Å². The van der Waals surface area contributed by atoms with E-state index < -0.39 is 10.0 Å². The molecule has 1 amide bonds. The highest BCUT2D eigenvalue weighted by Gasteiger charge is 2.34. The van der Waals surface area contributed by atoms with Crippen LogP contribution >= 0.6 is 0 Å². The monoisotopic (exact) mass is 431 g/mol. The number of aryl methyl sites for hydroxylation is 2. The van der Waals surface area contributed by atoms with Crippen LogP contribution in [-0.2, 0) is 21.4 Å². The molecule has 0 bridgehead atoms. The summed E-state index contributed by atoms with van der Waals surface area (Å²) in [5.41, 5.74) is 0.604. The number of hydrogen-bond acceptors (Lipinski definition) is 7. The molecule has 1 fully saturated rings. The molecule has 0 N–H and O–H groups in total. The summed E-state index contributed by atoms with van der Waals surface area (Å²) in [5.74, 6) is -0.0160. The predicted octanol–water partition coefficient (Wildman–Crippen LogP) is 0.534. The third-order valence-electron chi connectivity index (χ3n) is 5.19. The van der Waals surface area contributed by atoms with Crippen molar-refractivity contribution in [1.29, 1.82) is 0 Å². The summed E-state index contributed by atoms with van der Waals surface area (Å²) in [7, 11) is -3.75. The Hall–Kier alpha value is -3.05. The fraction of sp³-hybridized carbons (Fsp3) is 0.368. The average Bonchev–Trinajstić information content (AvgIpc) is 3.09. The van der Waals surface area contributed by atoms with Crippen LogP contribution in [-0.4, -0.2) is 64.4 Å². The second-order valence-corrected chi connectivity index (χ2v) is 9.01. The van der Waals surface area contributed by atoms with Gasteiger partial charge in [-0.15, -0.1) is 0 Å². The molecular formula is C19H21N5O5S. The molecule has 1 aromatic carbocycles. The molecule has 1 aliphatic heterocycles. The maximum absolute atomic E-state index is 12.9. The van der Waals surface area contributed by atoms with E-state index in [1.807, 2.05) is 0 Å². The van der Waals surface area contributed by atoms with Gasteiger partial charge in [-0.25, -0.2) is 13.4 Å². The van der Waals surface area contributed by atoms with E-state index in [0.717, 1.165) is 0 Å². The summed E-state index contributed by atoms with van der Waals surface area (Å²) in [6, 6.07) is 6.95. The SMILES string of the molecule is Cc1noc(C)c1S(=O)(=O)N1CCN(C(=O)Cn2cnc3ccccc3c2=O)CC1. The van der Waals surface area contributed by atoms with Crippen molar-refractivity contribution in [2.75, 3.05) is 26.2 Å². The van der Waals surface area contributed by atoms with Crippen molar-refractivity contribution in [1.82, 2.24) is 23.9 Å². The summed E-state index contributed by atoms with van der Waals surface area (Å²) in [5, 5.41) is 4.16. The van der Waals surface area contributed by atoms with Gasteiger partial charge in [-0.2, -0.15) is 4.31 Å². The van der Waals surface area contributed by atoms with Gasteiger partial charge in [-0.1, -0.05) is 17.3 Å². The molecule has 30 heavy (non-hydrogen) atoms. The normalized spacial score (nSPS) is 15.6. The lowest BCUT2D eigenvalue weighted by Crippen LogP contribution is -2.51. The van der Waals surface area contributed by atoms with E-state index >= 15 is 0 Å². The molecular weight excluding hydrogens is 410 g/mol. The van der Waals surface area contributed by atoms with Crippen LogP contribution in [0.1, 0.15) is 11.5 Å². The van der Waals surface area contributed by atoms with E-state index in [1.165, 1.54) is 15.2 Å². The first kappa shape index (κ1) is 20.2. The standard InChI is InChI=1S/C19H21N5O5S/c1-13-18(14(2)29-21-13)30(27,28)24-9-7-22(8-10-24)17(25)11-23-12-20-16-6-4-3-5-15(16)19(23)26/h3-6,12H,7-11H2,1-2H3. The molecule has 0 spiro atoms. The molecule has 4 rings (SSSR count). The van der Waals surface area contributed by atoms with Crippen LogP contribution in [0.15, 0.2) is 44.8 Å². The minimum atomic E-state index is -3.75. The van der Waals surface area contributed by atoms with Gasteiger partial charge in [0, 0.05) is 26.2 Å². The summed E-state index contributed by atoms with van der Waals surface area (Å²) in [6.07, 6.45) is 1.36. The molecule has 1 aliphatic rings. The number of amides is 1. The zero-order valence-corrected chi connectivity index (χ0v) is 17.4. The third kappa shape index (κ3) is 3.50. The van der Waals surface area contributed by atoms with E-state index in [2.05, 4.69) is 10.1 Å². The lowest BCUT2D eigenvalue weighted by Gasteiger charge is -2.34. The van der Waals surface area contributed by atoms with Crippen molar-refractivity contribution in [2.45, 2.75) is 25.3 Å². The van der Waals surface area contributed by atoms with Gasteiger partial charge in [0.1, 0.15) is 17.1 Å². The number of piperazine rings is 1. The Morgan fingerprint density at radius 3 is 2.50 bits per heavy atom. The fourth-order valence-electron chi connectivity index (χ4n) is 3.61. The van der Waals surface area contributed by atoms with Crippen LogP contribution in [0.5, 0.6) is 0 Å². The highest BCUT2D eigenvalue weighted by molar-refractivity contribution is 7.89. The van der Waals surface area contributed by atoms with Gasteiger partial charge in [-0.3, -0.25) is 14.2 Å². The topological polar surface area (TPSA) is 119 Å². The maximum atomic E-state index is 12.9. The lowest BCUT2D eigenvalue weighted by molar-refractivity contribution is -0.133.